The van der Waals surface area contributed by atoms with Crippen molar-refractivity contribution in [2.24, 2.45) is 0 Å². The molecule has 2 aromatic rings. The topological polar surface area (TPSA) is 30.7 Å². The van der Waals surface area contributed by atoms with Gasteiger partial charge in [-0.15, -0.1) is 5.10 Å². The highest BCUT2D eigenvalue weighted by Crippen LogP contribution is 2.18. The van der Waals surface area contributed by atoms with Gasteiger partial charge in [-0.2, -0.15) is 0 Å². The van der Waals surface area contributed by atoms with Crippen molar-refractivity contribution in [2.75, 3.05) is 0 Å². The molecule has 1 heterocycles. The summed E-state index contributed by atoms with van der Waals surface area (Å²) in [5.41, 5.74) is 2.04. The largest absolute Gasteiger partial charge is 0.219 e. The highest BCUT2D eigenvalue weighted by atomic mass is 79.9. The maximum atomic E-state index is 5.86. The van der Waals surface area contributed by atoms with Gasteiger partial charge >= 0.3 is 0 Å². The Morgan fingerprint density at radius 2 is 2.21 bits per heavy atom. The van der Waals surface area contributed by atoms with Crippen LogP contribution in [0.2, 0.25) is 5.02 Å². The number of hydrogen-bond acceptors (Lipinski definition) is 2. The molecule has 0 radical (unpaired) electrons. The molecule has 0 unspecified atom stereocenters. The summed E-state index contributed by atoms with van der Waals surface area (Å²) in [5, 5.41) is 8.53. The Balaban J connectivity index is 2.52. The van der Waals surface area contributed by atoms with E-state index >= 15 is 0 Å². The smallest absolute Gasteiger partial charge is 0.148 e. The average Bonchev–Trinajstić information content (AvgIpc) is 2.51. The summed E-state index contributed by atoms with van der Waals surface area (Å²) in [6.07, 6.45) is 1.80. The van der Waals surface area contributed by atoms with E-state index in [1.807, 2.05) is 25.1 Å². The summed E-state index contributed by atoms with van der Waals surface area (Å²) in [7, 11) is 0. The molecule has 0 saturated heterocycles. The van der Waals surface area contributed by atoms with Crippen molar-refractivity contribution in [1.29, 1.82) is 0 Å². The lowest BCUT2D eigenvalue weighted by Crippen LogP contribution is -1.97. The summed E-state index contributed by atoms with van der Waals surface area (Å²) < 4.78 is 2.42. The van der Waals surface area contributed by atoms with Gasteiger partial charge in [0.05, 0.1) is 11.9 Å². The Morgan fingerprint density at radius 1 is 1.43 bits per heavy atom. The Kier molecular flexibility index (Phi) is 2.56. The number of aryl methyl sites for hydroxylation is 1. The van der Waals surface area contributed by atoms with Gasteiger partial charge in [0.2, 0.25) is 0 Å². The summed E-state index contributed by atoms with van der Waals surface area (Å²) in [6.45, 7) is 1.98. The van der Waals surface area contributed by atoms with Gasteiger partial charge in [-0.1, -0.05) is 16.8 Å². The van der Waals surface area contributed by atoms with E-state index in [-0.39, 0.29) is 0 Å². The molecule has 1 aromatic heterocycles. The lowest BCUT2D eigenvalue weighted by Gasteiger charge is -2.04. The van der Waals surface area contributed by atoms with Gasteiger partial charge in [-0.3, -0.25) is 0 Å². The molecule has 0 bridgehead atoms. The molecule has 0 aliphatic carbocycles. The monoisotopic (exact) mass is 271 g/mol. The van der Waals surface area contributed by atoms with Crippen LogP contribution in [-0.2, 0) is 0 Å². The van der Waals surface area contributed by atoms with Crippen LogP contribution in [0.3, 0.4) is 0 Å². The molecular weight excluding hydrogens is 265 g/mol. The van der Waals surface area contributed by atoms with E-state index in [1.165, 1.54) is 0 Å². The Labute approximate surface area is 94.8 Å². The Bertz CT molecular complexity index is 467. The lowest BCUT2D eigenvalue weighted by atomic mass is 10.2. The van der Waals surface area contributed by atoms with Gasteiger partial charge in [0.15, 0.2) is 0 Å². The van der Waals surface area contributed by atoms with E-state index in [0.29, 0.717) is 4.60 Å². The number of benzene rings is 1. The van der Waals surface area contributed by atoms with E-state index in [2.05, 4.69) is 26.2 Å². The van der Waals surface area contributed by atoms with E-state index in [1.54, 1.807) is 10.9 Å². The van der Waals surface area contributed by atoms with E-state index in [0.717, 1.165) is 16.3 Å². The standard InChI is InChI=1S/C9H7BrClN3/c1-6-4-7(11)2-3-8(6)14-5-9(10)12-13-14/h2-5H,1H3. The van der Waals surface area contributed by atoms with Gasteiger partial charge in [0.1, 0.15) is 4.60 Å². The van der Waals surface area contributed by atoms with Gasteiger partial charge < -0.3 is 0 Å². The zero-order valence-corrected chi connectivity index (χ0v) is 9.75. The van der Waals surface area contributed by atoms with Crippen molar-refractivity contribution < 1.29 is 0 Å². The Morgan fingerprint density at radius 3 is 2.79 bits per heavy atom. The van der Waals surface area contributed by atoms with Crippen LogP contribution in [0.4, 0.5) is 0 Å². The van der Waals surface area contributed by atoms with Crippen LogP contribution < -0.4 is 0 Å². The third-order valence-corrected chi connectivity index (χ3v) is 2.47. The second kappa shape index (κ2) is 3.71. The van der Waals surface area contributed by atoms with Gasteiger partial charge in [-0.25, -0.2) is 4.68 Å². The second-order valence-corrected chi connectivity index (χ2v) is 4.17. The molecule has 14 heavy (non-hydrogen) atoms. The first-order valence-corrected chi connectivity index (χ1v) is 5.18. The summed E-state index contributed by atoms with van der Waals surface area (Å²) >= 11 is 9.10. The first-order chi connectivity index (χ1) is 6.66. The summed E-state index contributed by atoms with van der Waals surface area (Å²) in [4.78, 5) is 0. The molecule has 0 fully saturated rings. The minimum absolute atomic E-state index is 0.715. The minimum atomic E-state index is 0.715. The van der Waals surface area contributed by atoms with Crippen LogP contribution in [0.1, 0.15) is 5.56 Å². The van der Waals surface area contributed by atoms with Crippen molar-refractivity contribution in [2.45, 2.75) is 6.92 Å². The molecule has 0 N–H and O–H groups in total. The van der Waals surface area contributed by atoms with Crippen molar-refractivity contribution in [3.05, 3.63) is 39.6 Å². The molecule has 72 valence electrons. The predicted octanol–water partition coefficient (Wildman–Crippen LogP) is 2.99. The molecular formula is C9H7BrClN3. The van der Waals surface area contributed by atoms with Crippen molar-refractivity contribution in [1.82, 2.24) is 15.0 Å². The Hall–Kier alpha value is -0.870. The molecule has 5 heteroatoms. The van der Waals surface area contributed by atoms with Crippen LogP contribution >= 0.6 is 27.5 Å². The third kappa shape index (κ3) is 1.81. The molecule has 1 aromatic carbocycles. The van der Waals surface area contributed by atoms with Crippen LogP contribution in [0.15, 0.2) is 29.0 Å². The van der Waals surface area contributed by atoms with Crippen molar-refractivity contribution >= 4 is 27.5 Å². The van der Waals surface area contributed by atoms with E-state index in [4.69, 9.17) is 11.6 Å². The predicted molar refractivity (Wildman–Crippen MR) is 58.8 cm³/mol. The first-order valence-electron chi connectivity index (χ1n) is 4.01. The maximum absolute atomic E-state index is 5.86. The molecule has 0 aliphatic rings. The van der Waals surface area contributed by atoms with Gasteiger partial charge in [-0.05, 0) is 46.6 Å². The average molecular weight is 273 g/mol. The highest BCUT2D eigenvalue weighted by molar-refractivity contribution is 9.10. The molecule has 2 rings (SSSR count). The van der Waals surface area contributed by atoms with Gasteiger partial charge in [0.25, 0.3) is 0 Å². The lowest BCUT2D eigenvalue weighted by molar-refractivity contribution is 0.797. The second-order valence-electron chi connectivity index (χ2n) is 2.92. The van der Waals surface area contributed by atoms with Crippen LogP contribution in [0, 0.1) is 6.92 Å². The number of hydrogen-bond donors (Lipinski definition) is 0. The number of halogens is 2. The van der Waals surface area contributed by atoms with Crippen LogP contribution in [-0.4, -0.2) is 15.0 Å². The fourth-order valence-corrected chi connectivity index (χ4v) is 1.73. The fraction of sp³-hybridized carbons (Fsp3) is 0.111. The highest BCUT2D eigenvalue weighted by Gasteiger charge is 2.03. The van der Waals surface area contributed by atoms with Gasteiger partial charge in [0, 0.05) is 5.02 Å². The third-order valence-electron chi connectivity index (χ3n) is 1.87. The van der Waals surface area contributed by atoms with Crippen LogP contribution in [0.25, 0.3) is 5.69 Å². The van der Waals surface area contributed by atoms with E-state index in [9.17, 15) is 0 Å². The molecule has 0 amide bonds. The molecule has 0 saturated carbocycles. The quantitative estimate of drug-likeness (QED) is 0.799. The number of aromatic nitrogens is 3. The van der Waals surface area contributed by atoms with Crippen molar-refractivity contribution in [3.63, 3.8) is 0 Å². The molecule has 0 aliphatic heterocycles. The molecule has 0 spiro atoms. The van der Waals surface area contributed by atoms with Crippen LogP contribution in [0.5, 0.6) is 0 Å². The summed E-state index contributed by atoms with van der Waals surface area (Å²) in [6, 6.07) is 5.64. The molecule has 0 atom stereocenters. The first kappa shape index (κ1) is 9.68. The SMILES string of the molecule is Cc1cc(Cl)ccc1-n1cc(Br)nn1. The van der Waals surface area contributed by atoms with Crippen molar-refractivity contribution in [3.8, 4) is 5.69 Å². The normalized spacial score (nSPS) is 10.5. The van der Waals surface area contributed by atoms with E-state index < -0.39 is 0 Å². The maximum Gasteiger partial charge on any atom is 0.148 e. The zero-order chi connectivity index (χ0) is 10.1. The summed E-state index contributed by atoms with van der Waals surface area (Å²) in [5.74, 6) is 0. The molecule has 3 nitrogen and oxygen atoms in total. The zero-order valence-electron chi connectivity index (χ0n) is 7.41. The fourth-order valence-electron chi connectivity index (χ4n) is 1.24. The minimum Gasteiger partial charge on any atom is -0.219 e. The number of rotatable bonds is 1. The number of nitrogens with zero attached hydrogens (tertiary/aromatic N) is 3.